The number of aliphatic imine (C=N–C) groups is 1. The van der Waals surface area contributed by atoms with Gasteiger partial charge in [0.1, 0.15) is 0 Å². The van der Waals surface area contributed by atoms with Gasteiger partial charge in [0, 0.05) is 51.2 Å². The minimum atomic E-state index is 0.256. The highest BCUT2D eigenvalue weighted by atomic mass is 16.5. The van der Waals surface area contributed by atoms with Crippen LogP contribution in [0.3, 0.4) is 0 Å². The summed E-state index contributed by atoms with van der Waals surface area (Å²) in [5.41, 5.74) is 6.12. The third-order valence-electron chi connectivity index (χ3n) is 5.55. The lowest BCUT2D eigenvalue weighted by Gasteiger charge is -2.29. The summed E-state index contributed by atoms with van der Waals surface area (Å²) in [7, 11) is 3.80. The lowest BCUT2D eigenvalue weighted by Crippen LogP contribution is -2.42. The molecule has 1 aromatic heterocycles. The van der Waals surface area contributed by atoms with Gasteiger partial charge in [0.15, 0.2) is 5.96 Å². The number of aryl methyl sites for hydroxylation is 2. The zero-order valence-corrected chi connectivity index (χ0v) is 18.3. The number of morpholine rings is 1. The zero-order chi connectivity index (χ0) is 20.8. The number of guanidine groups is 1. The van der Waals surface area contributed by atoms with Crippen LogP contribution in [0.2, 0.25) is 0 Å². The van der Waals surface area contributed by atoms with E-state index in [4.69, 9.17) is 4.74 Å². The summed E-state index contributed by atoms with van der Waals surface area (Å²) < 4.78 is 7.38. The first-order valence-electron chi connectivity index (χ1n) is 10.4. The Bertz CT molecular complexity index is 821. The molecule has 0 radical (unpaired) electrons. The van der Waals surface area contributed by atoms with Crippen LogP contribution in [0.1, 0.15) is 29.4 Å². The van der Waals surface area contributed by atoms with Crippen molar-refractivity contribution in [1.82, 2.24) is 20.4 Å². The molecule has 7 heteroatoms. The molecule has 1 aromatic carbocycles. The summed E-state index contributed by atoms with van der Waals surface area (Å²) in [5, 5.41) is 11.4. The maximum absolute atomic E-state index is 5.43. The van der Waals surface area contributed by atoms with Crippen LogP contribution in [-0.4, -0.2) is 55.1 Å². The molecule has 1 aliphatic rings. The standard InChI is InChI=1S/C22H34N6O/c1-16(14-21-17(2)26-27(5)18(21)3)25-22(23-4)24-15-19-6-8-20(9-7-19)28-10-12-29-13-11-28/h6-9,16H,10-15H2,1-5H3,(H2,23,24,25). The van der Waals surface area contributed by atoms with Crippen molar-refractivity contribution in [3.05, 3.63) is 46.8 Å². The second-order valence-corrected chi connectivity index (χ2v) is 7.71. The second kappa shape index (κ2) is 9.78. The van der Waals surface area contributed by atoms with Gasteiger partial charge in [-0.3, -0.25) is 9.67 Å². The number of aromatic nitrogens is 2. The fraction of sp³-hybridized carbons (Fsp3) is 0.545. The van der Waals surface area contributed by atoms with Crippen molar-refractivity contribution in [3.8, 4) is 0 Å². The zero-order valence-electron chi connectivity index (χ0n) is 18.3. The minimum absolute atomic E-state index is 0.256. The van der Waals surface area contributed by atoms with Crippen molar-refractivity contribution in [2.75, 3.05) is 38.3 Å². The fourth-order valence-electron chi connectivity index (χ4n) is 3.73. The van der Waals surface area contributed by atoms with Crippen LogP contribution in [0.15, 0.2) is 29.3 Å². The van der Waals surface area contributed by atoms with Gasteiger partial charge in [-0.15, -0.1) is 0 Å². The van der Waals surface area contributed by atoms with E-state index in [1.807, 2.05) is 18.8 Å². The molecule has 0 spiro atoms. The molecule has 7 nitrogen and oxygen atoms in total. The van der Waals surface area contributed by atoms with Gasteiger partial charge in [0.25, 0.3) is 0 Å². The van der Waals surface area contributed by atoms with Gasteiger partial charge in [-0.25, -0.2) is 0 Å². The number of nitrogens with one attached hydrogen (secondary N) is 2. The third-order valence-corrected chi connectivity index (χ3v) is 5.55. The van der Waals surface area contributed by atoms with E-state index in [2.05, 4.69) is 70.7 Å². The SMILES string of the molecule is CN=C(NCc1ccc(N2CCOCC2)cc1)NC(C)Cc1c(C)nn(C)c1C. The molecule has 3 rings (SSSR count). The Morgan fingerprint density at radius 3 is 2.48 bits per heavy atom. The summed E-state index contributed by atoms with van der Waals surface area (Å²) in [4.78, 5) is 6.74. The van der Waals surface area contributed by atoms with Crippen LogP contribution in [0, 0.1) is 13.8 Å². The second-order valence-electron chi connectivity index (χ2n) is 7.71. The number of hydrogen-bond acceptors (Lipinski definition) is 4. The van der Waals surface area contributed by atoms with E-state index in [1.54, 1.807) is 0 Å². The smallest absolute Gasteiger partial charge is 0.191 e. The Morgan fingerprint density at radius 2 is 1.90 bits per heavy atom. The molecule has 158 valence electrons. The molecule has 0 amide bonds. The number of rotatable bonds is 6. The van der Waals surface area contributed by atoms with E-state index in [1.165, 1.54) is 22.5 Å². The third kappa shape index (κ3) is 5.50. The first-order valence-corrected chi connectivity index (χ1v) is 10.4. The predicted octanol–water partition coefficient (Wildman–Crippen LogP) is 2.17. The van der Waals surface area contributed by atoms with E-state index in [0.29, 0.717) is 0 Å². The monoisotopic (exact) mass is 398 g/mol. The molecular weight excluding hydrogens is 364 g/mol. The first kappa shape index (κ1) is 21.2. The molecule has 2 N–H and O–H groups in total. The summed E-state index contributed by atoms with van der Waals surface area (Å²) in [6.07, 6.45) is 0.917. The topological polar surface area (TPSA) is 66.7 Å². The van der Waals surface area contributed by atoms with Crippen molar-refractivity contribution in [3.63, 3.8) is 0 Å². The molecule has 2 aromatic rings. The fourth-order valence-corrected chi connectivity index (χ4v) is 3.73. The molecule has 2 heterocycles. The minimum Gasteiger partial charge on any atom is -0.378 e. The number of benzene rings is 1. The van der Waals surface area contributed by atoms with Crippen LogP contribution in [0.5, 0.6) is 0 Å². The van der Waals surface area contributed by atoms with Crippen molar-refractivity contribution in [2.24, 2.45) is 12.0 Å². The average molecular weight is 399 g/mol. The van der Waals surface area contributed by atoms with Crippen LogP contribution in [0.4, 0.5) is 5.69 Å². The van der Waals surface area contributed by atoms with Gasteiger partial charge < -0.3 is 20.3 Å². The molecule has 1 atom stereocenters. The van der Waals surface area contributed by atoms with Gasteiger partial charge in [0.05, 0.1) is 18.9 Å². The summed E-state index contributed by atoms with van der Waals surface area (Å²) in [6, 6.07) is 8.99. The normalized spacial score (nSPS) is 16.0. The molecule has 1 unspecified atom stereocenters. The van der Waals surface area contributed by atoms with Gasteiger partial charge in [0.2, 0.25) is 0 Å². The van der Waals surface area contributed by atoms with E-state index in [9.17, 15) is 0 Å². The Hall–Kier alpha value is -2.54. The highest BCUT2D eigenvalue weighted by Crippen LogP contribution is 2.17. The van der Waals surface area contributed by atoms with E-state index < -0.39 is 0 Å². The van der Waals surface area contributed by atoms with Gasteiger partial charge in [-0.1, -0.05) is 12.1 Å². The summed E-state index contributed by atoms with van der Waals surface area (Å²) in [6.45, 7) is 10.6. The van der Waals surface area contributed by atoms with Crippen molar-refractivity contribution < 1.29 is 4.74 Å². The average Bonchev–Trinajstić information content (AvgIpc) is 2.98. The molecular formula is C22H34N6O. The maximum Gasteiger partial charge on any atom is 0.191 e. The van der Waals surface area contributed by atoms with Crippen LogP contribution >= 0.6 is 0 Å². The van der Waals surface area contributed by atoms with Gasteiger partial charge in [-0.05, 0) is 50.5 Å². The molecule has 0 aliphatic carbocycles. The number of hydrogen-bond donors (Lipinski definition) is 2. The molecule has 29 heavy (non-hydrogen) atoms. The first-order chi connectivity index (χ1) is 14.0. The lowest BCUT2D eigenvalue weighted by molar-refractivity contribution is 0.122. The van der Waals surface area contributed by atoms with E-state index >= 15 is 0 Å². The van der Waals surface area contributed by atoms with Crippen LogP contribution in [0.25, 0.3) is 0 Å². The quantitative estimate of drug-likeness (QED) is 0.577. The van der Waals surface area contributed by atoms with Crippen molar-refractivity contribution >= 4 is 11.6 Å². The van der Waals surface area contributed by atoms with Gasteiger partial charge >= 0.3 is 0 Å². The largest absolute Gasteiger partial charge is 0.378 e. The Balaban J connectivity index is 1.51. The molecule has 1 aliphatic heterocycles. The Morgan fingerprint density at radius 1 is 1.21 bits per heavy atom. The maximum atomic E-state index is 5.43. The van der Waals surface area contributed by atoms with E-state index in [-0.39, 0.29) is 6.04 Å². The summed E-state index contributed by atoms with van der Waals surface area (Å²) >= 11 is 0. The van der Waals surface area contributed by atoms with E-state index in [0.717, 1.165) is 50.9 Å². The highest BCUT2D eigenvalue weighted by molar-refractivity contribution is 5.80. The van der Waals surface area contributed by atoms with Crippen molar-refractivity contribution in [1.29, 1.82) is 0 Å². The number of ether oxygens (including phenoxy) is 1. The molecule has 0 saturated carbocycles. The predicted molar refractivity (Wildman–Crippen MR) is 119 cm³/mol. The Kier molecular flexibility index (Phi) is 7.14. The lowest BCUT2D eigenvalue weighted by atomic mass is 10.1. The van der Waals surface area contributed by atoms with Gasteiger partial charge in [-0.2, -0.15) is 5.10 Å². The highest BCUT2D eigenvalue weighted by Gasteiger charge is 2.14. The Labute approximate surface area is 174 Å². The number of anilines is 1. The molecule has 1 saturated heterocycles. The number of nitrogens with zero attached hydrogens (tertiary/aromatic N) is 4. The summed E-state index contributed by atoms with van der Waals surface area (Å²) in [5.74, 6) is 0.814. The van der Waals surface area contributed by atoms with Crippen LogP contribution < -0.4 is 15.5 Å². The van der Waals surface area contributed by atoms with Crippen LogP contribution in [-0.2, 0) is 24.8 Å². The molecule has 0 bridgehead atoms. The molecule has 1 fully saturated rings. The van der Waals surface area contributed by atoms with Crippen molar-refractivity contribution in [2.45, 2.75) is 39.8 Å².